The lowest BCUT2D eigenvalue weighted by molar-refractivity contribution is -0.133. The lowest BCUT2D eigenvalue weighted by Crippen LogP contribution is -2.45. The van der Waals surface area contributed by atoms with Crippen molar-refractivity contribution >= 4 is 11.9 Å². The van der Waals surface area contributed by atoms with Gasteiger partial charge in [0.15, 0.2) is 0 Å². The molecule has 2 saturated carbocycles. The quantitative estimate of drug-likeness (QED) is 0.863. The fourth-order valence-electron chi connectivity index (χ4n) is 3.89. The predicted octanol–water partition coefficient (Wildman–Crippen LogP) is 4.08. The number of amides is 1. The van der Waals surface area contributed by atoms with Crippen LogP contribution in [-0.2, 0) is 4.79 Å². The van der Waals surface area contributed by atoms with Gasteiger partial charge in [-0.15, -0.1) is 5.10 Å². The molecule has 1 spiro atoms. The van der Waals surface area contributed by atoms with E-state index in [9.17, 15) is 4.79 Å². The summed E-state index contributed by atoms with van der Waals surface area (Å²) in [6, 6.07) is 12.0. The lowest BCUT2D eigenvalue weighted by Gasteiger charge is -2.33. The minimum Gasteiger partial charge on any atom is -0.408 e. The second-order valence-electron chi connectivity index (χ2n) is 8.61. The molecular formula is C22H30N4O2. The van der Waals surface area contributed by atoms with Gasteiger partial charge in [0.2, 0.25) is 11.8 Å². The Morgan fingerprint density at radius 2 is 1.68 bits per heavy atom. The molecule has 1 saturated heterocycles. The molecule has 150 valence electrons. The molecule has 6 heteroatoms. The van der Waals surface area contributed by atoms with Crippen LogP contribution in [0.5, 0.6) is 0 Å². The first-order chi connectivity index (χ1) is 13.6. The zero-order valence-electron chi connectivity index (χ0n) is 16.8. The first-order valence-electron chi connectivity index (χ1n) is 10.5. The van der Waals surface area contributed by atoms with Gasteiger partial charge in [0.1, 0.15) is 6.04 Å². The zero-order valence-corrected chi connectivity index (χ0v) is 16.8. The van der Waals surface area contributed by atoms with Crippen LogP contribution in [0.25, 0.3) is 0 Å². The van der Waals surface area contributed by atoms with Crippen molar-refractivity contribution in [2.45, 2.75) is 57.9 Å². The van der Waals surface area contributed by atoms with Crippen molar-refractivity contribution in [1.82, 2.24) is 15.1 Å². The maximum Gasteiger partial charge on any atom is 0.316 e. The Morgan fingerprint density at radius 1 is 1.11 bits per heavy atom. The molecule has 0 radical (unpaired) electrons. The van der Waals surface area contributed by atoms with Crippen LogP contribution in [0.4, 0.5) is 6.01 Å². The molecule has 3 unspecified atom stereocenters. The highest BCUT2D eigenvalue weighted by molar-refractivity contribution is 5.83. The maximum absolute atomic E-state index is 12.5. The summed E-state index contributed by atoms with van der Waals surface area (Å²) < 4.78 is 5.63. The number of likely N-dealkylation sites (tertiary alicyclic amines) is 1. The molecule has 5 rings (SSSR count). The standard InChI is InChI=1S/C16H24N4O2.C6H6/c1-10-9-12(10)13-18-19-15(22-13)17-11(2)14(21)20-7-5-16(3-4-16)6-8-20;1-2-4-6-5-3-1/h10-12H,3-9H2,1-2H3,(H,17,19);1-6H. The third kappa shape index (κ3) is 4.54. The maximum atomic E-state index is 12.5. The molecular weight excluding hydrogens is 352 g/mol. The molecule has 1 aromatic heterocycles. The van der Waals surface area contributed by atoms with Crippen LogP contribution in [0.15, 0.2) is 40.8 Å². The summed E-state index contributed by atoms with van der Waals surface area (Å²) in [4.78, 5) is 14.5. The number of carbonyl (C=O) groups is 1. The van der Waals surface area contributed by atoms with Gasteiger partial charge in [-0.05, 0) is 50.4 Å². The zero-order chi connectivity index (χ0) is 19.6. The monoisotopic (exact) mass is 382 g/mol. The Morgan fingerprint density at radius 3 is 2.18 bits per heavy atom. The van der Waals surface area contributed by atoms with Gasteiger partial charge in [-0.3, -0.25) is 4.79 Å². The summed E-state index contributed by atoms with van der Waals surface area (Å²) in [5.74, 6) is 1.87. The molecule has 2 heterocycles. The van der Waals surface area contributed by atoms with Crippen molar-refractivity contribution in [3.8, 4) is 0 Å². The molecule has 1 amide bonds. The van der Waals surface area contributed by atoms with Gasteiger partial charge in [0.25, 0.3) is 0 Å². The highest BCUT2D eigenvalue weighted by Gasteiger charge is 2.45. The number of nitrogens with one attached hydrogen (secondary N) is 1. The van der Waals surface area contributed by atoms with Crippen molar-refractivity contribution in [2.24, 2.45) is 11.3 Å². The van der Waals surface area contributed by atoms with Crippen LogP contribution in [0, 0.1) is 11.3 Å². The summed E-state index contributed by atoms with van der Waals surface area (Å²) in [5.41, 5.74) is 0.593. The Kier molecular flexibility index (Phi) is 5.38. The van der Waals surface area contributed by atoms with E-state index in [-0.39, 0.29) is 11.9 Å². The predicted molar refractivity (Wildman–Crippen MR) is 108 cm³/mol. The average molecular weight is 383 g/mol. The van der Waals surface area contributed by atoms with Crippen LogP contribution < -0.4 is 5.32 Å². The molecule has 3 atom stereocenters. The number of anilines is 1. The van der Waals surface area contributed by atoms with Crippen LogP contribution in [0.3, 0.4) is 0 Å². The molecule has 2 aliphatic carbocycles. The molecule has 1 N–H and O–H groups in total. The number of benzene rings is 1. The molecule has 28 heavy (non-hydrogen) atoms. The summed E-state index contributed by atoms with van der Waals surface area (Å²) in [5, 5.41) is 11.2. The van der Waals surface area contributed by atoms with Gasteiger partial charge >= 0.3 is 6.01 Å². The number of nitrogens with zero attached hydrogens (tertiary/aromatic N) is 3. The van der Waals surface area contributed by atoms with E-state index in [1.807, 2.05) is 48.2 Å². The van der Waals surface area contributed by atoms with E-state index in [2.05, 4.69) is 22.4 Å². The summed E-state index contributed by atoms with van der Waals surface area (Å²) in [7, 11) is 0. The van der Waals surface area contributed by atoms with Gasteiger partial charge in [-0.1, -0.05) is 48.4 Å². The number of piperidine rings is 1. The van der Waals surface area contributed by atoms with Crippen LogP contribution >= 0.6 is 0 Å². The molecule has 2 aromatic rings. The molecule has 0 bridgehead atoms. The molecule has 3 aliphatic rings. The Balaban J connectivity index is 0.000000275. The average Bonchev–Trinajstić information content (AvgIpc) is 3.61. The van der Waals surface area contributed by atoms with Crippen molar-refractivity contribution in [2.75, 3.05) is 18.4 Å². The first-order valence-corrected chi connectivity index (χ1v) is 10.5. The van der Waals surface area contributed by atoms with Gasteiger partial charge in [-0.2, -0.15) is 0 Å². The van der Waals surface area contributed by atoms with E-state index in [4.69, 9.17) is 4.42 Å². The number of hydrogen-bond acceptors (Lipinski definition) is 5. The van der Waals surface area contributed by atoms with E-state index in [1.54, 1.807) is 0 Å². The highest BCUT2D eigenvalue weighted by atomic mass is 16.4. The number of hydrogen-bond donors (Lipinski definition) is 1. The largest absolute Gasteiger partial charge is 0.408 e. The van der Waals surface area contributed by atoms with Gasteiger partial charge in [-0.25, -0.2) is 0 Å². The second-order valence-corrected chi connectivity index (χ2v) is 8.61. The molecule has 6 nitrogen and oxygen atoms in total. The Bertz CT molecular complexity index is 750. The van der Waals surface area contributed by atoms with Crippen LogP contribution in [-0.4, -0.2) is 40.1 Å². The number of aromatic nitrogens is 2. The van der Waals surface area contributed by atoms with Crippen LogP contribution in [0.1, 0.15) is 57.8 Å². The second kappa shape index (κ2) is 7.94. The Labute approximate surface area is 166 Å². The summed E-state index contributed by atoms with van der Waals surface area (Å²) in [6.07, 6.45) is 6.15. The third-order valence-corrected chi connectivity index (χ3v) is 6.34. The van der Waals surface area contributed by atoms with E-state index < -0.39 is 0 Å². The van der Waals surface area contributed by atoms with Gasteiger partial charge < -0.3 is 14.6 Å². The number of rotatable bonds is 4. The number of carbonyl (C=O) groups excluding carboxylic acids is 1. The van der Waals surface area contributed by atoms with Gasteiger partial charge in [0.05, 0.1) is 0 Å². The van der Waals surface area contributed by atoms with Crippen LogP contribution in [0.2, 0.25) is 0 Å². The van der Waals surface area contributed by atoms with E-state index >= 15 is 0 Å². The third-order valence-electron chi connectivity index (χ3n) is 6.34. The fourth-order valence-corrected chi connectivity index (χ4v) is 3.89. The van der Waals surface area contributed by atoms with E-state index in [1.165, 1.54) is 12.8 Å². The minimum absolute atomic E-state index is 0.134. The van der Waals surface area contributed by atoms with E-state index in [0.29, 0.717) is 29.2 Å². The molecule has 1 aromatic carbocycles. The normalized spacial score (nSPS) is 25.4. The lowest BCUT2D eigenvalue weighted by atomic mass is 9.93. The van der Waals surface area contributed by atoms with Gasteiger partial charge in [0, 0.05) is 19.0 Å². The fraction of sp³-hybridized carbons (Fsp3) is 0.591. The van der Waals surface area contributed by atoms with Crippen molar-refractivity contribution in [1.29, 1.82) is 0 Å². The topological polar surface area (TPSA) is 71.3 Å². The van der Waals surface area contributed by atoms with Crippen molar-refractivity contribution < 1.29 is 9.21 Å². The van der Waals surface area contributed by atoms with E-state index in [0.717, 1.165) is 32.4 Å². The summed E-state index contributed by atoms with van der Waals surface area (Å²) in [6.45, 7) is 5.82. The first kappa shape index (κ1) is 19.0. The summed E-state index contributed by atoms with van der Waals surface area (Å²) >= 11 is 0. The molecule has 3 fully saturated rings. The SMILES string of the molecule is CC(Nc1nnc(C2CC2C)o1)C(=O)N1CCC2(CC1)CC2.c1ccccc1. The Hall–Kier alpha value is -2.37. The molecule has 1 aliphatic heterocycles. The van der Waals surface area contributed by atoms with Crippen molar-refractivity contribution in [3.05, 3.63) is 42.3 Å². The minimum atomic E-state index is -0.321. The highest BCUT2D eigenvalue weighted by Crippen LogP contribution is 2.53. The smallest absolute Gasteiger partial charge is 0.316 e. The van der Waals surface area contributed by atoms with Crippen molar-refractivity contribution in [3.63, 3.8) is 0 Å².